The molecule has 0 unspecified atom stereocenters. The Labute approximate surface area is 207 Å². The van der Waals surface area contributed by atoms with Crippen LogP contribution in [-0.2, 0) is 33.3 Å². The third-order valence-corrected chi connectivity index (χ3v) is 8.73. The second-order valence-corrected chi connectivity index (χ2v) is 11.5. The van der Waals surface area contributed by atoms with Crippen LogP contribution in [0.5, 0.6) is 0 Å². The van der Waals surface area contributed by atoms with Crippen molar-refractivity contribution in [1.29, 1.82) is 0 Å². The van der Waals surface area contributed by atoms with Crippen molar-refractivity contribution in [3.63, 3.8) is 0 Å². The van der Waals surface area contributed by atoms with Crippen LogP contribution in [0.4, 0.5) is 0 Å². The first-order valence-corrected chi connectivity index (χ1v) is 12.2. The Morgan fingerprint density at radius 3 is 2.11 bits per heavy atom. The van der Waals surface area contributed by atoms with Gasteiger partial charge in [0.1, 0.15) is 23.9 Å². The summed E-state index contributed by atoms with van der Waals surface area (Å²) in [6.07, 6.45) is -1.25. The monoisotopic (exact) mass is 496 g/mol. The smallest absolute Gasteiger partial charge is 0.302 e. The van der Waals surface area contributed by atoms with Gasteiger partial charge in [-0.05, 0) is 26.7 Å². The van der Waals surface area contributed by atoms with E-state index in [0.29, 0.717) is 12.8 Å². The van der Waals surface area contributed by atoms with E-state index in [0.717, 1.165) is 0 Å². The average Bonchev–Trinajstić information content (AvgIpc) is 2.72. The van der Waals surface area contributed by atoms with Crippen molar-refractivity contribution in [2.45, 2.75) is 103 Å². The summed E-state index contributed by atoms with van der Waals surface area (Å²) in [5.74, 6) is -2.75. The Bertz CT molecular complexity index is 888. The van der Waals surface area contributed by atoms with Gasteiger partial charge in [-0.15, -0.1) is 6.58 Å². The molecule has 0 aromatic carbocycles. The number of aliphatic hydroxyl groups excluding tert-OH is 2. The molecule has 9 heteroatoms. The number of rotatable bonds is 5. The maximum absolute atomic E-state index is 12.2. The first-order chi connectivity index (χ1) is 16.0. The third kappa shape index (κ3) is 4.51. The molecule has 10 atom stereocenters. The van der Waals surface area contributed by atoms with Crippen LogP contribution in [0.3, 0.4) is 0 Å². The third-order valence-electron chi connectivity index (χ3n) is 8.73. The first kappa shape index (κ1) is 27.6. The molecule has 1 saturated heterocycles. The van der Waals surface area contributed by atoms with Crippen LogP contribution in [0.25, 0.3) is 0 Å². The van der Waals surface area contributed by atoms with Crippen molar-refractivity contribution >= 4 is 17.9 Å². The lowest BCUT2D eigenvalue weighted by atomic mass is 9.41. The molecule has 2 saturated carbocycles. The van der Waals surface area contributed by atoms with E-state index in [4.69, 9.17) is 18.9 Å². The molecule has 0 spiro atoms. The highest BCUT2D eigenvalue weighted by Crippen LogP contribution is 2.66. The summed E-state index contributed by atoms with van der Waals surface area (Å²) in [5, 5.41) is 23.2. The van der Waals surface area contributed by atoms with Gasteiger partial charge >= 0.3 is 17.9 Å². The molecule has 2 aliphatic carbocycles. The molecule has 0 radical (unpaired) electrons. The lowest BCUT2D eigenvalue weighted by Crippen LogP contribution is -2.79. The van der Waals surface area contributed by atoms with Gasteiger partial charge in [0.05, 0.1) is 18.3 Å². The molecule has 1 aliphatic heterocycles. The second-order valence-electron chi connectivity index (χ2n) is 11.5. The zero-order valence-corrected chi connectivity index (χ0v) is 21.8. The van der Waals surface area contributed by atoms with Gasteiger partial charge in [0, 0.05) is 49.9 Å². The quantitative estimate of drug-likeness (QED) is 0.335. The summed E-state index contributed by atoms with van der Waals surface area (Å²) in [6.45, 7) is 15.1. The fraction of sp³-hybridized carbons (Fsp3) is 0.808. The molecule has 3 aliphatic rings. The number of hydrogen-bond acceptors (Lipinski definition) is 9. The van der Waals surface area contributed by atoms with Crippen LogP contribution in [0.1, 0.15) is 67.7 Å². The summed E-state index contributed by atoms with van der Waals surface area (Å²) < 4.78 is 23.6. The lowest BCUT2D eigenvalue weighted by Gasteiger charge is -2.69. The van der Waals surface area contributed by atoms with Crippen molar-refractivity contribution in [1.82, 2.24) is 0 Å². The molecule has 0 aromatic rings. The van der Waals surface area contributed by atoms with Crippen LogP contribution in [0.15, 0.2) is 12.7 Å². The van der Waals surface area contributed by atoms with Crippen LogP contribution in [0.2, 0.25) is 0 Å². The zero-order chi connectivity index (χ0) is 26.6. The highest BCUT2D eigenvalue weighted by atomic mass is 16.6. The van der Waals surface area contributed by atoms with Gasteiger partial charge in [-0.1, -0.05) is 19.9 Å². The van der Waals surface area contributed by atoms with E-state index in [2.05, 4.69) is 6.58 Å². The molecule has 3 rings (SSSR count). The summed E-state index contributed by atoms with van der Waals surface area (Å²) in [6, 6.07) is 0. The van der Waals surface area contributed by atoms with E-state index in [1.807, 2.05) is 13.8 Å². The molecule has 198 valence electrons. The molecule has 1 heterocycles. The number of esters is 3. The van der Waals surface area contributed by atoms with E-state index >= 15 is 0 Å². The molecular weight excluding hydrogens is 456 g/mol. The minimum Gasteiger partial charge on any atom is -0.465 e. The largest absolute Gasteiger partial charge is 0.465 e. The number of carbonyl (C=O) groups excluding carboxylic acids is 3. The SMILES string of the molecule is C=C[C@]1(C)C[C@H](OC(C)=O)[C@@H]2[C@@](C)(O1)[C@H](O)[C@H](O)[C@@H]1[C@](C)(COC(C)=O)CC[C@H](OC(C)=O)[C@]12C. The van der Waals surface area contributed by atoms with E-state index in [1.165, 1.54) is 20.8 Å². The molecule has 0 aromatic heterocycles. The molecule has 9 nitrogen and oxygen atoms in total. The lowest BCUT2D eigenvalue weighted by molar-refractivity contribution is -0.356. The Balaban J connectivity index is 2.25. The van der Waals surface area contributed by atoms with Gasteiger partial charge in [-0.3, -0.25) is 14.4 Å². The molecule has 0 amide bonds. The first-order valence-electron chi connectivity index (χ1n) is 12.2. The molecule has 0 bridgehead atoms. The van der Waals surface area contributed by atoms with Gasteiger partial charge in [0.2, 0.25) is 0 Å². The van der Waals surface area contributed by atoms with E-state index < -0.39 is 76.2 Å². The Morgan fingerprint density at radius 1 is 1.00 bits per heavy atom. The van der Waals surface area contributed by atoms with Gasteiger partial charge in [-0.25, -0.2) is 0 Å². The summed E-state index contributed by atoms with van der Waals surface area (Å²) >= 11 is 0. The van der Waals surface area contributed by atoms with Gasteiger partial charge in [0.25, 0.3) is 0 Å². The van der Waals surface area contributed by atoms with Crippen molar-refractivity contribution in [2.24, 2.45) is 22.7 Å². The van der Waals surface area contributed by atoms with E-state index in [9.17, 15) is 24.6 Å². The number of carbonyl (C=O) groups is 3. The summed E-state index contributed by atoms with van der Waals surface area (Å²) in [5.41, 5.74) is -4.07. The maximum atomic E-state index is 12.2. The van der Waals surface area contributed by atoms with Crippen molar-refractivity contribution in [2.75, 3.05) is 6.61 Å². The van der Waals surface area contributed by atoms with Crippen LogP contribution >= 0.6 is 0 Å². The van der Waals surface area contributed by atoms with E-state index in [-0.39, 0.29) is 13.0 Å². The molecular formula is C26H40O9. The van der Waals surface area contributed by atoms with Gasteiger partial charge in [-0.2, -0.15) is 0 Å². The standard InChI is InChI=1S/C26H40O9/c1-9-24(6)12-17(33-15(3)28)20-25(7)18(34-16(4)29)10-11-23(5,13-32-14(2)27)21(25)19(30)22(31)26(20,8)35-24/h9,17-22,30-31H,1,10-13H2,2-8H3/t17-,18-,19+,20-,21+,22+,23-,24+,25-,26+/m0/s1. The fourth-order valence-electron chi connectivity index (χ4n) is 7.59. The number of ether oxygens (including phenoxy) is 4. The maximum Gasteiger partial charge on any atom is 0.302 e. The minimum atomic E-state index is -1.37. The summed E-state index contributed by atoms with van der Waals surface area (Å²) in [4.78, 5) is 36.1. The van der Waals surface area contributed by atoms with Crippen molar-refractivity contribution in [3.05, 3.63) is 12.7 Å². The molecule has 2 N–H and O–H groups in total. The van der Waals surface area contributed by atoms with E-state index in [1.54, 1.807) is 19.9 Å². The molecule has 35 heavy (non-hydrogen) atoms. The van der Waals surface area contributed by atoms with Gasteiger partial charge < -0.3 is 29.2 Å². The zero-order valence-electron chi connectivity index (χ0n) is 21.8. The highest BCUT2D eigenvalue weighted by Gasteiger charge is 2.74. The predicted octanol–water partition coefficient (Wildman–Crippen LogP) is 2.31. The number of hydrogen-bond donors (Lipinski definition) is 2. The number of fused-ring (bicyclic) bond motifs is 3. The second kappa shape index (κ2) is 9.16. The van der Waals surface area contributed by atoms with Crippen molar-refractivity contribution < 1.29 is 43.5 Å². The van der Waals surface area contributed by atoms with Crippen molar-refractivity contribution in [3.8, 4) is 0 Å². The predicted molar refractivity (Wildman–Crippen MR) is 125 cm³/mol. The fourth-order valence-corrected chi connectivity index (χ4v) is 7.59. The average molecular weight is 497 g/mol. The van der Waals surface area contributed by atoms with Crippen LogP contribution in [0, 0.1) is 22.7 Å². The Kier molecular flexibility index (Phi) is 7.23. The highest BCUT2D eigenvalue weighted by molar-refractivity contribution is 5.67. The summed E-state index contributed by atoms with van der Waals surface area (Å²) in [7, 11) is 0. The molecule has 3 fully saturated rings. The Hall–Kier alpha value is -1.97. The topological polar surface area (TPSA) is 129 Å². The Morgan fingerprint density at radius 2 is 1.60 bits per heavy atom. The number of aliphatic hydroxyl groups is 2. The van der Waals surface area contributed by atoms with Crippen LogP contribution < -0.4 is 0 Å². The normalized spacial score (nSPS) is 47.0. The minimum absolute atomic E-state index is 0.0199. The van der Waals surface area contributed by atoms with Gasteiger partial charge in [0.15, 0.2) is 0 Å². The van der Waals surface area contributed by atoms with Crippen LogP contribution in [-0.4, -0.2) is 70.3 Å².